The quantitative estimate of drug-likeness (QED) is 0.920. The molecule has 0 amide bonds. The molecule has 0 saturated heterocycles. The predicted molar refractivity (Wildman–Crippen MR) is 69.6 cm³/mol. The molecular formula is C13H13ClN2O2. The Morgan fingerprint density at radius 3 is 2.94 bits per heavy atom. The number of ether oxygens (including phenoxy) is 1. The van der Waals surface area contributed by atoms with E-state index in [0.29, 0.717) is 22.6 Å². The summed E-state index contributed by atoms with van der Waals surface area (Å²) in [5, 5.41) is 4.27. The smallest absolute Gasteiger partial charge is 0.229 e. The van der Waals surface area contributed by atoms with Gasteiger partial charge < -0.3 is 15.0 Å². The summed E-state index contributed by atoms with van der Waals surface area (Å²) in [6, 6.07) is 5.54. The van der Waals surface area contributed by atoms with E-state index in [4.69, 9.17) is 26.6 Å². The Morgan fingerprint density at radius 2 is 2.28 bits per heavy atom. The van der Waals surface area contributed by atoms with Gasteiger partial charge in [0, 0.05) is 0 Å². The Balaban J connectivity index is 1.87. The van der Waals surface area contributed by atoms with Crippen LogP contribution < -0.4 is 10.5 Å². The molecule has 0 bridgehead atoms. The minimum Gasteiger partial charge on any atom is -0.492 e. The molecule has 0 unspecified atom stereocenters. The number of hydrogen-bond donors (Lipinski definition) is 1. The van der Waals surface area contributed by atoms with E-state index in [1.807, 2.05) is 12.1 Å². The highest BCUT2D eigenvalue weighted by Crippen LogP contribution is 2.35. The van der Waals surface area contributed by atoms with Crippen LogP contribution in [0.2, 0.25) is 5.02 Å². The Bertz CT molecular complexity index is 564. The van der Waals surface area contributed by atoms with E-state index in [1.165, 1.54) is 12.8 Å². The Morgan fingerprint density at radius 1 is 1.44 bits per heavy atom. The molecule has 1 aliphatic carbocycles. The summed E-state index contributed by atoms with van der Waals surface area (Å²) in [5.41, 5.74) is 7.34. The van der Waals surface area contributed by atoms with Crippen molar-refractivity contribution in [3.05, 3.63) is 29.4 Å². The molecular weight excluding hydrogens is 252 g/mol. The number of anilines is 1. The van der Waals surface area contributed by atoms with Crippen molar-refractivity contribution < 1.29 is 9.26 Å². The summed E-state index contributed by atoms with van der Waals surface area (Å²) < 4.78 is 10.6. The third-order valence-corrected chi connectivity index (χ3v) is 3.32. The van der Waals surface area contributed by atoms with Crippen LogP contribution in [0.25, 0.3) is 11.1 Å². The maximum atomic E-state index is 6.11. The van der Waals surface area contributed by atoms with Crippen LogP contribution in [0.3, 0.4) is 0 Å². The van der Waals surface area contributed by atoms with Crippen LogP contribution >= 0.6 is 11.6 Å². The highest BCUT2D eigenvalue weighted by atomic mass is 35.5. The molecule has 0 atom stereocenters. The summed E-state index contributed by atoms with van der Waals surface area (Å²) in [7, 11) is 0. The maximum absolute atomic E-state index is 6.11. The summed E-state index contributed by atoms with van der Waals surface area (Å²) in [5.74, 6) is 1.66. The van der Waals surface area contributed by atoms with Gasteiger partial charge in [0.25, 0.3) is 0 Å². The second kappa shape index (κ2) is 4.53. The molecule has 18 heavy (non-hydrogen) atoms. The van der Waals surface area contributed by atoms with Crippen molar-refractivity contribution in [1.29, 1.82) is 0 Å². The van der Waals surface area contributed by atoms with Crippen molar-refractivity contribution in [3.8, 4) is 16.9 Å². The zero-order valence-electron chi connectivity index (χ0n) is 9.73. The number of benzene rings is 1. The van der Waals surface area contributed by atoms with E-state index >= 15 is 0 Å². The number of nitrogen functional groups attached to an aromatic ring is 1. The molecule has 3 rings (SSSR count). The Hall–Kier alpha value is -1.68. The first kappa shape index (κ1) is 11.4. The van der Waals surface area contributed by atoms with E-state index in [-0.39, 0.29) is 0 Å². The normalized spacial score (nSPS) is 14.7. The van der Waals surface area contributed by atoms with Crippen LogP contribution in [-0.4, -0.2) is 11.8 Å². The largest absolute Gasteiger partial charge is 0.492 e. The molecule has 4 nitrogen and oxygen atoms in total. The van der Waals surface area contributed by atoms with Gasteiger partial charge in [-0.05, 0) is 36.5 Å². The fourth-order valence-electron chi connectivity index (χ4n) is 1.74. The molecule has 0 aliphatic heterocycles. The minimum atomic E-state index is 0.297. The van der Waals surface area contributed by atoms with Crippen LogP contribution in [0.5, 0.6) is 5.75 Å². The number of aromatic nitrogens is 1. The van der Waals surface area contributed by atoms with E-state index in [0.717, 1.165) is 17.7 Å². The zero-order valence-corrected chi connectivity index (χ0v) is 10.5. The molecule has 1 aliphatic rings. The third kappa shape index (κ3) is 2.29. The number of nitrogens with zero attached hydrogens (tertiary/aromatic N) is 1. The van der Waals surface area contributed by atoms with E-state index < -0.39 is 0 Å². The summed E-state index contributed by atoms with van der Waals surface area (Å²) in [6.07, 6.45) is 4.08. The van der Waals surface area contributed by atoms with Crippen molar-refractivity contribution in [2.24, 2.45) is 5.92 Å². The number of rotatable bonds is 4. The maximum Gasteiger partial charge on any atom is 0.229 e. The lowest BCUT2D eigenvalue weighted by molar-refractivity contribution is 0.300. The van der Waals surface area contributed by atoms with Crippen LogP contribution in [0.4, 0.5) is 5.88 Å². The van der Waals surface area contributed by atoms with Crippen LogP contribution in [-0.2, 0) is 0 Å². The topological polar surface area (TPSA) is 61.3 Å². The number of nitrogens with two attached hydrogens (primary N) is 1. The van der Waals surface area contributed by atoms with Crippen LogP contribution in [0.15, 0.2) is 28.9 Å². The second-order valence-corrected chi connectivity index (χ2v) is 4.91. The average molecular weight is 265 g/mol. The summed E-state index contributed by atoms with van der Waals surface area (Å²) in [4.78, 5) is 0. The Kier molecular flexibility index (Phi) is 2.88. The van der Waals surface area contributed by atoms with E-state index in [1.54, 1.807) is 12.3 Å². The molecule has 0 spiro atoms. The summed E-state index contributed by atoms with van der Waals surface area (Å²) in [6.45, 7) is 0.724. The SMILES string of the molecule is Nc1oncc1-c1ccc(Cl)c(OCC2CC2)c1. The standard InChI is InChI=1S/C13H13ClN2O2/c14-11-4-3-9(10-6-16-18-13(10)15)5-12(11)17-7-8-1-2-8/h3-6,8H,1-2,7,15H2. The van der Waals surface area contributed by atoms with Crippen molar-refractivity contribution in [2.45, 2.75) is 12.8 Å². The predicted octanol–water partition coefficient (Wildman–Crippen LogP) is 3.37. The molecule has 94 valence electrons. The van der Waals surface area contributed by atoms with Gasteiger partial charge in [0.1, 0.15) is 5.75 Å². The van der Waals surface area contributed by atoms with Gasteiger partial charge in [-0.2, -0.15) is 0 Å². The highest BCUT2D eigenvalue weighted by molar-refractivity contribution is 6.32. The first-order chi connectivity index (χ1) is 8.74. The molecule has 1 saturated carbocycles. The van der Waals surface area contributed by atoms with Gasteiger partial charge in [-0.25, -0.2) is 0 Å². The first-order valence-corrected chi connectivity index (χ1v) is 6.24. The monoisotopic (exact) mass is 264 g/mol. The fraction of sp³-hybridized carbons (Fsp3) is 0.308. The van der Waals surface area contributed by atoms with E-state index in [2.05, 4.69) is 5.16 Å². The molecule has 1 heterocycles. The van der Waals surface area contributed by atoms with Crippen molar-refractivity contribution in [1.82, 2.24) is 5.16 Å². The van der Waals surface area contributed by atoms with Gasteiger partial charge in [-0.1, -0.05) is 22.8 Å². The summed E-state index contributed by atoms with van der Waals surface area (Å²) >= 11 is 6.11. The van der Waals surface area contributed by atoms with Gasteiger partial charge in [0.05, 0.1) is 23.4 Å². The second-order valence-electron chi connectivity index (χ2n) is 4.50. The van der Waals surface area contributed by atoms with Gasteiger partial charge in [0.15, 0.2) is 0 Å². The van der Waals surface area contributed by atoms with Gasteiger partial charge in [0.2, 0.25) is 5.88 Å². The number of hydrogen-bond acceptors (Lipinski definition) is 4. The van der Waals surface area contributed by atoms with Gasteiger partial charge in [-0.15, -0.1) is 0 Å². The number of halogens is 1. The fourth-order valence-corrected chi connectivity index (χ4v) is 1.91. The lowest BCUT2D eigenvalue weighted by atomic mass is 10.1. The highest BCUT2D eigenvalue weighted by Gasteiger charge is 2.22. The third-order valence-electron chi connectivity index (χ3n) is 3.01. The van der Waals surface area contributed by atoms with Crippen molar-refractivity contribution >= 4 is 17.5 Å². The van der Waals surface area contributed by atoms with Gasteiger partial charge >= 0.3 is 0 Å². The lowest BCUT2D eigenvalue weighted by Gasteiger charge is -2.08. The molecule has 2 aromatic rings. The molecule has 1 aromatic heterocycles. The molecule has 1 fully saturated rings. The molecule has 5 heteroatoms. The molecule has 0 radical (unpaired) electrons. The van der Waals surface area contributed by atoms with Gasteiger partial charge in [-0.3, -0.25) is 0 Å². The minimum absolute atomic E-state index is 0.297. The molecule has 1 aromatic carbocycles. The van der Waals surface area contributed by atoms with E-state index in [9.17, 15) is 0 Å². The first-order valence-electron chi connectivity index (χ1n) is 5.87. The average Bonchev–Trinajstić information content (AvgIpc) is 3.10. The molecule has 2 N–H and O–H groups in total. The van der Waals surface area contributed by atoms with Crippen LogP contribution in [0.1, 0.15) is 12.8 Å². The Labute approximate surface area is 110 Å². The van der Waals surface area contributed by atoms with Crippen molar-refractivity contribution in [3.63, 3.8) is 0 Å². The van der Waals surface area contributed by atoms with Crippen LogP contribution in [0, 0.1) is 5.92 Å². The zero-order chi connectivity index (χ0) is 12.5. The lowest BCUT2D eigenvalue weighted by Crippen LogP contribution is -1.99. The van der Waals surface area contributed by atoms with Crippen molar-refractivity contribution in [2.75, 3.05) is 12.3 Å².